The van der Waals surface area contributed by atoms with Crippen LogP contribution in [-0.2, 0) is 21.6 Å². The highest BCUT2D eigenvalue weighted by Crippen LogP contribution is 2.40. The van der Waals surface area contributed by atoms with E-state index in [1.165, 1.54) is 10.6 Å². The first-order chi connectivity index (χ1) is 9.98. The van der Waals surface area contributed by atoms with Crippen LogP contribution in [0, 0.1) is 0 Å². The monoisotopic (exact) mass is 312 g/mol. The van der Waals surface area contributed by atoms with E-state index in [0.717, 1.165) is 37.6 Å². The Labute approximate surface area is 132 Å². The normalized spacial score (nSPS) is 18.6. The molecular formula is C16H28N2O2S. The smallest absolute Gasteiger partial charge is 0.125 e. The van der Waals surface area contributed by atoms with Crippen molar-refractivity contribution in [2.75, 3.05) is 20.3 Å². The summed E-state index contributed by atoms with van der Waals surface area (Å²) in [6.07, 6.45) is 1.79. The fourth-order valence-electron chi connectivity index (χ4n) is 2.64. The van der Waals surface area contributed by atoms with Crippen molar-refractivity contribution in [1.29, 1.82) is 0 Å². The predicted octanol–water partition coefficient (Wildman–Crippen LogP) is 3.42. The number of hydrogen-bond acceptors (Lipinski definition) is 5. The van der Waals surface area contributed by atoms with Gasteiger partial charge in [-0.15, -0.1) is 11.3 Å². The van der Waals surface area contributed by atoms with Crippen LogP contribution in [0.15, 0.2) is 0 Å². The van der Waals surface area contributed by atoms with Crippen molar-refractivity contribution in [3.8, 4) is 0 Å². The Morgan fingerprint density at radius 1 is 1.29 bits per heavy atom. The maximum atomic E-state index is 5.89. The van der Waals surface area contributed by atoms with Crippen LogP contribution in [-0.4, -0.2) is 31.3 Å². The second-order valence-electron chi connectivity index (χ2n) is 6.33. The lowest BCUT2D eigenvalue weighted by molar-refractivity contribution is -0.0949. The van der Waals surface area contributed by atoms with E-state index in [9.17, 15) is 0 Å². The van der Waals surface area contributed by atoms with Gasteiger partial charge in [0.25, 0.3) is 0 Å². The van der Waals surface area contributed by atoms with Crippen LogP contribution in [0.2, 0.25) is 0 Å². The van der Waals surface area contributed by atoms with Crippen molar-refractivity contribution < 1.29 is 9.47 Å². The van der Waals surface area contributed by atoms with Gasteiger partial charge in [0.1, 0.15) is 10.6 Å². The maximum absolute atomic E-state index is 5.89. The minimum atomic E-state index is -0.247. The summed E-state index contributed by atoms with van der Waals surface area (Å²) in [5, 5.41) is 4.63. The van der Waals surface area contributed by atoms with E-state index in [1.54, 1.807) is 18.4 Å². The lowest BCUT2D eigenvalue weighted by Gasteiger charge is -2.33. The minimum absolute atomic E-state index is 0.247. The van der Waals surface area contributed by atoms with E-state index in [-0.39, 0.29) is 5.60 Å². The van der Waals surface area contributed by atoms with Gasteiger partial charge in [-0.05, 0) is 5.92 Å². The molecule has 2 rings (SSSR count). The largest absolute Gasteiger partial charge is 0.381 e. The van der Waals surface area contributed by atoms with Gasteiger partial charge in [-0.2, -0.15) is 0 Å². The summed E-state index contributed by atoms with van der Waals surface area (Å²) in [6.45, 7) is 11.2. The topological polar surface area (TPSA) is 43.4 Å². The van der Waals surface area contributed by atoms with Crippen LogP contribution in [0.1, 0.15) is 62.0 Å². The molecule has 4 nitrogen and oxygen atoms in total. The molecule has 1 fully saturated rings. The van der Waals surface area contributed by atoms with Gasteiger partial charge in [0.05, 0.1) is 5.69 Å². The van der Waals surface area contributed by atoms with E-state index in [0.29, 0.717) is 12.0 Å². The fraction of sp³-hybridized carbons (Fsp3) is 0.812. The molecule has 0 aromatic carbocycles. The molecule has 1 aromatic heterocycles. The van der Waals surface area contributed by atoms with Crippen molar-refractivity contribution in [3.63, 3.8) is 0 Å². The quantitative estimate of drug-likeness (QED) is 0.874. The second-order valence-corrected chi connectivity index (χ2v) is 7.41. The fourth-order valence-corrected chi connectivity index (χ4v) is 4.03. The van der Waals surface area contributed by atoms with Crippen molar-refractivity contribution >= 4 is 11.3 Å². The Bertz CT molecular complexity index is 451. The molecule has 1 aliphatic rings. The molecule has 0 amide bonds. The Kier molecular flexibility index (Phi) is 5.77. The average molecular weight is 312 g/mol. The third kappa shape index (κ3) is 3.83. The molecule has 0 saturated carbocycles. The molecule has 1 saturated heterocycles. The number of ether oxygens (including phenoxy) is 2. The van der Waals surface area contributed by atoms with Crippen LogP contribution >= 0.6 is 11.3 Å². The molecule has 0 aliphatic carbocycles. The second kappa shape index (κ2) is 7.18. The van der Waals surface area contributed by atoms with Crippen LogP contribution in [0.25, 0.3) is 0 Å². The molecule has 5 heteroatoms. The van der Waals surface area contributed by atoms with Gasteiger partial charge < -0.3 is 14.8 Å². The molecule has 1 aliphatic heterocycles. The van der Waals surface area contributed by atoms with Gasteiger partial charge in [-0.1, -0.05) is 27.7 Å². The maximum Gasteiger partial charge on any atom is 0.125 e. The summed E-state index contributed by atoms with van der Waals surface area (Å²) in [5.74, 6) is 0.438. The molecule has 2 heterocycles. The highest BCUT2D eigenvalue weighted by Gasteiger charge is 2.38. The van der Waals surface area contributed by atoms with Crippen LogP contribution < -0.4 is 5.32 Å². The van der Waals surface area contributed by atoms with E-state index < -0.39 is 0 Å². The summed E-state index contributed by atoms with van der Waals surface area (Å²) in [7, 11) is 1.80. The lowest BCUT2D eigenvalue weighted by atomic mass is 9.95. The first kappa shape index (κ1) is 16.9. The predicted molar refractivity (Wildman–Crippen MR) is 86.9 cm³/mol. The zero-order valence-corrected chi connectivity index (χ0v) is 14.7. The van der Waals surface area contributed by atoms with Gasteiger partial charge in [-0.3, -0.25) is 0 Å². The number of rotatable bonds is 6. The molecule has 1 N–H and O–H groups in total. The number of thiazole rings is 1. The standard InChI is InChI=1S/C16H28N2O2S/c1-11(2)14-13(10-17-12(3)4)21-15(18-14)16(19-5)6-8-20-9-7-16/h11-12,17H,6-10H2,1-5H3. The molecular weight excluding hydrogens is 284 g/mol. The van der Waals surface area contributed by atoms with Crippen LogP contribution in [0.3, 0.4) is 0 Å². The lowest BCUT2D eigenvalue weighted by Crippen LogP contribution is -2.35. The zero-order chi connectivity index (χ0) is 15.5. The minimum Gasteiger partial charge on any atom is -0.381 e. The van der Waals surface area contributed by atoms with Gasteiger partial charge in [0, 0.05) is 50.6 Å². The van der Waals surface area contributed by atoms with Gasteiger partial charge >= 0.3 is 0 Å². The van der Waals surface area contributed by atoms with Gasteiger partial charge in [0.2, 0.25) is 0 Å². The zero-order valence-electron chi connectivity index (χ0n) is 13.9. The summed E-state index contributed by atoms with van der Waals surface area (Å²) in [5.41, 5.74) is 0.967. The van der Waals surface area contributed by atoms with Gasteiger partial charge in [0.15, 0.2) is 0 Å². The molecule has 0 spiro atoms. The Morgan fingerprint density at radius 2 is 1.95 bits per heavy atom. The number of nitrogens with one attached hydrogen (secondary N) is 1. The summed E-state index contributed by atoms with van der Waals surface area (Å²) >= 11 is 1.81. The number of hydrogen-bond donors (Lipinski definition) is 1. The van der Waals surface area contributed by atoms with E-state index in [2.05, 4.69) is 33.0 Å². The SMILES string of the molecule is COC1(c2nc(C(C)C)c(CNC(C)C)s2)CCOCC1. The van der Waals surface area contributed by atoms with E-state index in [1.807, 2.05) is 0 Å². The van der Waals surface area contributed by atoms with E-state index >= 15 is 0 Å². The van der Waals surface area contributed by atoms with E-state index in [4.69, 9.17) is 14.5 Å². The van der Waals surface area contributed by atoms with Crippen LogP contribution in [0.4, 0.5) is 0 Å². The van der Waals surface area contributed by atoms with Crippen LogP contribution in [0.5, 0.6) is 0 Å². The molecule has 1 aromatic rings. The summed E-state index contributed by atoms with van der Waals surface area (Å²) in [4.78, 5) is 6.30. The molecule has 0 atom stereocenters. The van der Waals surface area contributed by atoms with Crippen molar-refractivity contribution in [3.05, 3.63) is 15.6 Å². The van der Waals surface area contributed by atoms with Crippen molar-refractivity contribution in [1.82, 2.24) is 10.3 Å². The number of methoxy groups -OCH3 is 1. The molecule has 120 valence electrons. The van der Waals surface area contributed by atoms with Crippen molar-refractivity contribution in [2.24, 2.45) is 0 Å². The Morgan fingerprint density at radius 3 is 2.48 bits per heavy atom. The Hall–Kier alpha value is -0.490. The summed E-state index contributed by atoms with van der Waals surface area (Å²) in [6, 6.07) is 0.482. The Balaban J connectivity index is 2.28. The van der Waals surface area contributed by atoms with Crippen molar-refractivity contribution in [2.45, 2.75) is 64.6 Å². The first-order valence-corrected chi connectivity index (χ1v) is 8.66. The average Bonchev–Trinajstić information content (AvgIpc) is 2.91. The third-order valence-electron chi connectivity index (χ3n) is 4.03. The highest BCUT2D eigenvalue weighted by molar-refractivity contribution is 7.11. The first-order valence-electron chi connectivity index (χ1n) is 7.85. The highest BCUT2D eigenvalue weighted by atomic mass is 32.1. The number of nitrogens with zero attached hydrogens (tertiary/aromatic N) is 1. The number of aromatic nitrogens is 1. The molecule has 0 radical (unpaired) electrons. The summed E-state index contributed by atoms with van der Waals surface area (Å²) < 4.78 is 11.4. The molecule has 0 bridgehead atoms. The molecule has 21 heavy (non-hydrogen) atoms. The molecule has 0 unspecified atom stereocenters. The van der Waals surface area contributed by atoms with Gasteiger partial charge in [-0.25, -0.2) is 4.98 Å². The third-order valence-corrected chi connectivity index (χ3v) is 5.28.